The molecular weight excluding hydrogens is 357 g/mol. The molecule has 0 bridgehead atoms. The van der Waals surface area contributed by atoms with Crippen molar-refractivity contribution < 1.29 is 19.2 Å². The van der Waals surface area contributed by atoms with Crippen molar-refractivity contribution >= 4 is 23.3 Å². The highest BCUT2D eigenvalue weighted by Gasteiger charge is 2.31. The van der Waals surface area contributed by atoms with Gasteiger partial charge in [0.05, 0.1) is 10.8 Å². The summed E-state index contributed by atoms with van der Waals surface area (Å²) in [4.78, 5) is 31.9. The zero-order chi connectivity index (χ0) is 19.4. The molecule has 1 aliphatic rings. The van der Waals surface area contributed by atoms with Crippen LogP contribution in [0.15, 0.2) is 30.6 Å². The molecule has 2 N–H and O–H groups in total. The van der Waals surface area contributed by atoms with Crippen LogP contribution in [0.4, 0.5) is 21.7 Å². The number of aliphatic carboxylic acids is 1. The third kappa shape index (κ3) is 4.27. The van der Waals surface area contributed by atoms with Crippen LogP contribution in [-0.4, -0.2) is 39.1 Å². The standard InChI is InChI=1S/C17H18FN5O4/c18-13-3-1-11(2-4-13)9-19-15-14(23(26)27)16(21-10-20-15)22-7-5-12(6-8-22)17(24)25/h1-4,10,12H,5-9H2,(H,24,25)(H,19,20,21). The van der Waals surface area contributed by atoms with Crippen LogP contribution < -0.4 is 10.2 Å². The SMILES string of the molecule is O=C(O)C1CCN(c2ncnc(NCc3ccc(F)cc3)c2[N+](=O)[O-])CC1. The van der Waals surface area contributed by atoms with Crippen molar-refractivity contribution in [3.8, 4) is 0 Å². The van der Waals surface area contributed by atoms with Gasteiger partial charge in [0.2, 0.25) is 11.6 Å². The Bertz CT molecular complexity index is 838. The summed E-state index contributed by atoms with van der Waals surface area (Å²) in [6, 6.07) is 5.77. The highest BCUT2D eigenvalue weighted by molar-refractivity contribution is 5.72. The molecule has 0 saturated carbocycles. The number of aromatic nitrogens is 2. The molecule has 1 saturated heterocycles. The van der Waals surface area contributed by atoms with Crippen LogP contribution in [0.5, 0.6) is 0 Å². The summed E-state index contributed by atoms with van der Waals surface area (Å²) in [5, 5.41) is 23.6. The average molecular weight is 375 g/mol. The second-order valence-corrected chi connectivity index (χ2v) is 6.23. The van der Waals surface area contributed by atoms with Crippen LogP contribution in [0, 0.1) is 21.8 Å². The summed E-state index contributed by atoms with van der Waals surface area (Å²) in [6.07, 6.45) is 2.03. The Labute approximate surface area is 154 Å². The number of piperidine rings is 1. The van der Waals surface area contributed by atoms with E-state index in [1.807, 2.05) is 0 Å². The molecule has 3 rings (SSSR count). The summed E-state index contributed by atoms with van der Waals surface area (Å²) in [6.45, 7) is 0.969. The fourth-order valence-corrected chi connectivity index (χ4v) is 3.02. The summed E-state index contributed by atoms with van der Waals surface area (Å²) < 4.78 is 13.0. The van der Waals surface area contributed by atoms with Gasteiger partial charge in [-0.15, -0.1) is 0 Å². The van der Waals surface area contributed by atoms with Gasteiger partial charge in [-0.2, -0.15) is 0 Å². The van der Waals surface area contributed by atoms with Crippen LogP contribution in [0.1, 0.15) is 18.4 Å². The number of hydrogen-bond acceptors (Lipinski definition) is 7. The Balaban J connectivity index is 1.79. The van der Waals surface area contributed by atoms with E-state index >= 15 is 0 Å². The summed E-state index contributed by atoms with van der Waals surface area (Å²) in [5.74, 6) is -1.43. The summed E-state index contributed by atoms with van der Waals surface area (Å²) in [5.41, 5.74) is 0.488. The largest absolute Gasteiger partial charge is 0.481 e. The molecular formula is C17H18FN5O4. The lowest BCUT2D eigenvalue weighted by atomic mass is 9.97. The van der Waals surface area contributed by atoms with E-state index in [4.69, 9.17) is 5.11 Å². The van der Waals surface area contributed by atoms with E-state index in [0.717, 1.165) is 5.56 Å². The molecule has 1 fully saturated rings. The van der Waals surface area contributed by atoms with E-state index in [0.29, 0.717) is 25.9 Å². The van der Waals surface area contributed by atoms with Gasteiger partial charge in [-0.05, 0) is 30.5 Å². The number of carboxylic acid groups (broad SMARTS) is 1. The number of nitrogens with one attached hydrogen (secondary N) is 1. The number of carbonyl (C=O) groups is 1. The third-order valence-electron chi connectivity index (χ3n) is 4.50. The first-order valence-electron chi connectivity index (χ1n) is 8.41. The highest BCUT2D eigenvalue weighted by Crippen LogP contribution is 2.34. The molecule has 0 amide bonds. The average Bonchev–Trinajstić information content (AvgIpc) is 2.67. The van der Waals surface area contributed by atoms with E-state index in [9.17, 15) is 19.3 Å². The Morgan fingerprint density at radius 1 is 1.30 bits per heavy atom. The fraction of sp³-hybridized carbons (Fsp3) is 0.353. The van der Waals surface area contributed by atoms with Gasteiger partial charge in [0.1, 0.15) is 12.1 Å². The van der Waals surface area contributed by atoms with Gasteiger partial charge in [-0.3, -0.25) is 14.9 Å². The quantitative estimate of drug-likeness (QED) is 0.583. The Hall–Kier alpha value is -3.30. The van der Waals surface area contributed by atoms with Gasteiger partial charge in [0.25, 0.3) is 0 Å². The van der Waals surface area contributed by atoms with Crippen molar-refractivity contribution in [3.63, 3.8) is 0 Å². The Kier molecular flexibility index (Phi) is 5.43. The first kappa shape index (κ1) is 18.5. The Morgan fingerprint density at radius 3 is 2.56 bits per heavy atom. The minimum absolute atomic E-state index is 0.0645. The van der Waals surface area contributed by atoms with Crippen LogP contribution in [0.25, 0.3) is 0 Å². The van der Waals surface area contributed by atoms with Crippen molar-refractivity contribution in [2.24, 2.45) is 5.92 Å². The molecule has 1 aliphatic heterocycles. The first-order chi connectivity index (χ1) is 13.0. The number of halogens is 1. The molecule has 0 unspecified atom stereocenters. The van der Waals surface area contributed by atoms with Gasteiger partial charge in [-0.1, -0.05) is 12.1 Å². The third-order valence-corrected chi connectivity index (χ3v) is 4.50. The minimum Gasteiger partial charge on any atom is -0.481 e. The first-order valence-corrected chi connectivity index (χ1v) is 8.41. The molecule has 27 heavy (non-hydrogen) atoms. The van der Waals surface area contributed by atoms with Crippen LogP contribution in [0.2, 0.25) is 0 Å². The van der Waals surface area contributed by atoms with Crippen LogP contribution in [-0.2, 0) is 11.3 Å². The predicted octanol–water partition coefficient (Wildman–Crippen LogP) is 2.44. The number of nitrogens with zero attached hydrogens (tertiary/aromatic N) is 4. The maximum Gasteiger partial charge on any atom is 0.353 e. The van der Waals surface area contributed by atoms with Crippen molar-refractivity contribution in [2.75, 3.05) is 23.3 Å². The maximum atomic E-state index is 13.0. The number of nitro groups is 1. The Morgan fingerprint density at radius 2 is 1.96 bits per heavy atom. The molecule has 9 nitrogen and oxygen atoms in total. The molecule has 2 heterocycles. The topological polar surface area (TPSA) is 121 Å². The monoisotopic (exact) mass is 375 g/mol. The van der Waals surface area contributed by atoms with Crippen LogP contribution >= 0.6 is 0 Å². The maximum absolute atomic E-state index is 13.0. The minimum atomic E-state index is -0.853. The van der Waals surface area contributed by atoms with Crippen molar-refractivity contribution in [2.45, 2.75) is 19.4 Å². The number of carboxylic acids is 1. The highest BCUT2D eigenvalue weighted by atomic mass is 19.1. The lowest BCUT2D eigenvalue weighted by Crippen LogP contribution is -2.37. The summed E-state index contributed by atoms with van der Waals surface area (Å²) >= 11 is 0. The molecule has 10 heteroatoms. The van der Waals surface area contributed by atoms with Crippen LogP contribution in [0.3, 0.4) is 0 Å². The lowest BCUT2D eigenvalue weighted by molar-refractivity contribution is -0.383. The van der Waals surface area contributed by atoms with E-state index in [-0.39, 0.29) is 29.7 Å². The smallest absolute Gasteiger partial charge is 0.353 e. The van der Waals surface area contributed by atoms with Gasteiger partial charge < -0.3 is 15.3 Å². The van der Waals surface area contributed by atoms with Crippen molar-refractivity contribution in [3.05, 3.63) is 52.1 Å². The molecule has 0 aliphatic carbocycles. The lowest BCUT2D eigenvalue weighted by Gasteiger charge is -2.30. The zero-order valence-corrected chi connectivity index (χ0v) is 14.3. The number of benzene rings is 1. The zero-order valence-electron chi connectivity index (χ0n) is 14.3. The molecule has 0 spiro atoms. The molecule has 1 aromatic carbocycles. The molecule has 0 atom stereocenters. The molecule has 142 valence electrons. The van der Waals surface area contributed by atoms with E-state index in [1.54, 1.807) is 17.0 Å². The van der Waals surface area contributed by atoms with Gasteiger partial charge in [0, 0.05) is 19.6 Å². The van der Waals surface area contributed by atoms with Gasteiger partial charge in [0.15, 0.2) is 0 Å². The number of anilines is 2. The second kappa shape index (κ2) is 7.94. The van der Waals surface area contributed by atoms with E-state index in [1.165, 1.54) is 18.5 Å². The normalized spacial score (nSPS) is 14.8. The van der Waals surface area contributed by atoms with E-state index in [2.05, 4.69) is 15.3 Å². The fourth-order valence-electron chi connectivity index (χ4n) is 3.02. The number of rotatable bonds is 6. The van der Waals surface area contributed by atoms with Gasteiger partial charge >= 0.3 is 11.7 Å². The predicted molar refractivity (Wildman–Crippen MR) is 95.0 cm³/mol. The van der Waals surface area contributed by atoms with Crippen molar-refractivity contribution in [1.29, 1.82) is 0 Å². The van der Waals surface area contributed by atoms with E-state index < -0.39 is 16.8 Å². The number of hydrogen-bond donors (Lipinski definition) is 2. The van der Waals surface area contributed by atoms with Gasteiger partial charge in [-0.25, -0.2) is 14.4 Å². The van der Waals surface area contributed by atoms with Crippen molar-refractivity contribution in [1.82, 2.24) is 9.97 Å². The second-order valence-electron chi connectivity index (χ2n) is 6.23. The molecule has 1 aromatic heterocycles. The molecule has 0 radical (unpaired) electrons. The summed E-state index contributed by atoms with van der Waals surface area (Å²) in [7, 11) is 0. The molecule has 2 aromatic rings.